The summed E-state index contributed by atoms with van der Waals surface area (Å²) in [4.78, 5) is 12.6. The summed E-state index contributed by atoms with van der Waals surface area (Å²) in [5.74, 6) is -0.894. The number of hydrogen-bond donors (Lipinski definition) is 1. The summed E-state index contributed by atoms with van der Waals surface area (Å²) in [5.41, 5.74) is 0.735. The third-order valence-corrected chi connectivity index (χ3v) is 10.7. The molecule has 3 rings (SSSR count). The average molecular weight is 366 g/mol. The molecule has 2 nitrogen and oxygen atoms in total. The van der Waals surface area contributed by atoms with E-state index in [1.54, 1.807) is 6.92 Å². The van der Waals surface area contributed by atoms with Gasteiger partial charge in [0.25, 0.3) is 0 Å². The predicted octanol–water partition coefficient (Wildman–Crippen LogP) is 4.12. The van der Waals surface area contributed by atoms with Gasteiger partial charge in [0, 0.05) is 6.04 Å². The highest BCUT2D eigenvalue weighted by Gasteiger charge is 2.49. The second-order valence-electron chi connectivity index (χ2n) is 6.02. The van der Waals surface area contributed by atoms with Gasteiger partial charge in [-0.1, -0.05) is 103 Å². The van der Waals surface area contributed by atoms with Gasteiger partial charge in [0.05, 0.1) is 0 Å². The molecule has 0 fully saturated rings. The number of carboxylic acids is 1. The summed E-state index contributed by atoms with van der Waals surface area (Å²) in [6.45, 7) is 1.77. The molecule has 0 aliphatic rings. The monoisotopic (exact) mass is 366 g/mol. The molecular formula is C21H19O2PS. The van der Waals surface area contributed by atoms with Gasteiger partial charge in [-0.3, -0.25) is 4.79 Å². The molecule has 1 atom stereocenters. The molecule has 1 N–H and O–H groups in total. The van der Waals surface area contributed by atoms with Crippen LogP contribution in [0.25, 0.3) is 0 Å². The Morgan fingerprint density at radius 1 is 0.800 bits per heavy atom. The zero-order chi connectivity index (χ0) is 17.9. The molecule has 0 aliphatic carbocycles. The first-order chi connectivity index (χ1) is 12.0. The number of carbonyl (C=O) groups is 1. The van der Waals surface area contributed by atoms with Crippen LogP contribution in [-0.2, 0) is 21.8 Å². The van der Waals surface area contributed by atoms with Crippen LogP contribution in [0.2, 0.25) is 0 Å². The highest BCUT2D eigenvalue weighted by molar-refractivity contribution is 8.22. The zero-order valence-corrected chi connectivity index (χ0v) is 15.6. The van der Waals surface area contributed by atoms with Crippen LogP contribution in [0.1, 0.15) is 12.5 Å². The van der Waals surface area contributed by atoms with Crippen molar-refractivity contribution in [2.24, 2.45) is 0 Å². The minimum Gasteiger partial charge on any atom is -0.480 e. The molecule has 0 heterocycles. The Bertz CT molecular complexity index is 867. The second-order valence-corrected chi connectivity index (χ2v) is 10.8. The first-order valence-corrected chi connectivity index (χ1v) is 10.8. The van der Waals surface area contributed by atoms with Crippen LogP contribution in [-0.4, -0.2) is 11.1 Å². The molecule has 0 spiro atoms. The first-order valence-electron chi connectivity index (χ1n) is 8.01. The molecule has 0 amide bonds. The molecule has 25 heavy (non-hydrogen) atoms. The fourth-order valence-electron chi connectivity index (χ4n) is 3.14. The Morgan fingerprint density at radius 2 is 1.16 bits per heavy atom. The highest BCUT2D eigenvalue weighted by atomic mass is 32.4. The Hall–Kier alpha value is -2.22. The van der Waals surface area contributed by atoms with Crippen LogP contribution < -0.4 is 10.6 Å². The lowest BCUT2D eigenvalue weighted by atomic mass is 10.0. The van der Waals surface area contributed by atoms with E-state index in [9.17, 15) is 9.90 Å². The van der Waals surface area contributed by atoms with Gasteiger partial charge in [-0.2, -0.15) is 0 Å². The van der Waals surface area contributed by atoms with Crippen molar-refractivity contribution in [3.05, 3.63) is 96.6 Å². The van der Waals surface area contributed by atoms with E-state index in [4.69, 9.17) is 11.8 Å². The Kier molecular flexibility index (Phi) is 4.89. The van der Waals surface area contributed by atoms with Crippen molar-refractivity contribution < 1.29 is 9.90 Å². The quantitative estimate of drug-likeness (QED) is 0.691. The Balaban J connectivity index is 2.38. The molecule has 0 bridgehead atoms. The van der Waals surface area contributed by atoms with E-state index in [1.807, 2.05) is 91.0 Å². The van der Waals surface area contributed by atoms with Crippen LogP contribution in [0, 0.1) is 0 Å². The van der Waals surface area contributed by atoms with Crippen molar-refractivity contribution in [3.63, 3.8) is 0 Å². The second kappa shape index (κ2) is 6.95. The maximum atomic E-state index is 12.6. The lowest BCUT2D eigenvalue weighted by Gasteiger charge is -2.39. The summed E-state index contributed by atoms with van der Waals surface area (Å²) in [6.07, 6.45) is 0. The van der Waals surface area contributed by atoms with Crippen molar-refractivity contribution in [3.8, 4) is 0 Å². The van der Waals surface area contributed by atoms with Gasteiger partial charge in [-0.05, 0) is 23.1 Å². The number of benzene rings is 3. The van der Waals surface area contributed by atoms with Crippen LogP contribution >= 0.6 is 6.04 Å². The van der Waals surface area contributed by atoms with Crippen LogP contribution in [0.4, 0.5) is 0 Å². The minimum atomic E-state index is -2.69. The van der Waals surface area contributed by atoms with Gasteiger partial charge in [0.2, 0.25) is 0 Å². The topological polar surface area (TPSA) is 37.3 Å². The van der Waals surface area contributed by atoms with Crippen molar-refractivity contribution in [1.82, 2.24) is 0 Å². The number of carboxylic acid groups (broad SMARTS) is 1. The fourth-order valence-corrected chi connectivity index (χ4v) is 7.72. The molecule has 0 radical (unpaired) electrons. The first kappa shape index (κ1) is 17.6. The van der Waals surface area contributed by atoms with Crippen LogP contribution in [0.5, 0.6) is 0 Å². The van der Waals surface area contributed by atoms with Crippen LogP contribution in [0.3, 0.4) is 0 Å². The molecule has 0 saturated carbocycles. The van der Waals surface area contributed by atoms with Gasteiger partial charge in [0.15, 0.2) is 0 Å². The van der Waals surface area contributed by atoms with Gasteiger partial charge < -0.3 is 5.11 Å². The Morgan fingerprint density at radius 3 is 1.52 bits per heavy atom. The summed E-state index contributed by atoms with van der Waals surface area (Å²) in [5, 5.41) is 10.9. The average Bonchev–Trinajstić information content (AvgIpc) is 2.68. The van der Waals surface area contributed by atoms with E-state index in [1.165, 1.54) is 0 Å². The summed E-state index contributed by atoms with van der Waals surface area (Å²) < 4.78 is 0. The van der Waals surface area contributed by atoms with Gasteiger partial charge in [-0.15, -0.1) is 0 Å². The normalized spacial score (nSPS) is 13.8. The SMILES string of the molecule is CC(C(=O)O)(c1ccccc1)P(=S)(c1ccccc1)c1ccccc1. The fraction of sp³-hybridized carbons (Fsp3) is 0.0952. The van der Waals surface area contributed by atoms with Crippen molar-refractivity contribution in [2.75, 3.05) is 0 Å². The molecular weight excluding hydrogens is 347 g/mol. The van der Waals surface area contributed by atoms with Crippen molar-refractivity contribution >= 4 is 34.4 Å². The third kappa shape index (κ3) is 2.84. The molecule has 0 aliphatic heterocycles. The van der Waals surface area contributed by atoms with E-state index in [-0.39, 0.29) is 0 Å². The lowest BCUT2D eigenvalue weighted by molar-refractivity contribution is -0.139. The third-order valence-electron chi connectivity index (χ3n) is 4.62. The molecule has 1 unspecified atom stereocenters. The summed E-state index contributed by atoms with van der Waals surface area (Å²) in [6, 6.07) is 26.0. The van der Waals surface area contributed by atoms with Crippen molar-refractivity contribution in [1.29, 1.82) is 0 Å². The smallest absolute Gasteiger partial charge is 0.319 e. The summed E-state index contributed by atoms with van der Waals surface area (Å²) in [7, 11) is 0. The molecule has 0 saturated heterocycles. The molecule has 126 valence electrons. The maximum Gasteiger partial charge on any atom is 0.319 e. The molecule has 3 aromatic rings. The van der Waals surface area contributed by atoms with E-state index < -0.39 is 17.2 Å². The lowest BCUT2D eigenvalue weighted by Crippen LogP contribution is -2.40. The maximum absolute atomic E-state index is 12.6. The molecule has 0 aromatic heterocycles. The van der Waals surface area contributed by atoms with Crippen molar-refractivity contribution in [2.45, 2.75) is 12.1 Å². The number of aliphatic carboxylic acids is 1. The standard InChI is InChI=1S/C21H19O2PS/c1-21(20(22)23,17-11-5-2-6-12-17)24(25,18-13-7-3-8-14-18)19-15-9-4-10-16-19/h2-16H,1H3,(H,22,23). The molecule has 4 heteroatoms. The largest absolute Gasteiger partial charge is 0.480 e. The van der Waals surface area contributed by atoms with Crippen LogP contribution in [0.15, 0.2) is 91.0 Å². The van der Waals surface area contributed by atoms with E-state index in [2.05, 4.69) is 0 Å². The van der Waals surface area contributed by atoms with E-state index in [0.717, 1.165) is 16.2 Å². The zero-order valence-electron chi connectivity index (χ0n) is 13.9. The van der Waals surface area contributed by atoms with E-state index >= 15 is 0 Å². The van der Waals surface area contributed by atoms with Gasteiger partial charge in [0.1, 0.15) is 5.16 Å². The summed E-state index contributed by atoms with van der Waals surface area (Å²) >= 11 is 6.26. The Labute approximate surface area is 153 Å². The van der Waals surface area contributed by atoms with Gasteiger partial charge >= 0.3 is 5.97 Å². The minimum absolute atomic E-state index is 0.735. The molecule has 3 aromatic carbocycles. The number of rotatable bonds is 5. The highest BCUT2D eigenvalue weighted by Crippen LogP contribution is 2.61. The van der Waals surface area contributed by atoms with E-state index in [0.29, 0.717) is 0 Å². The predicted molar refractivity (Wildman–Crippen MR) is 108 cm³/mol. The number of hydrogen-bond acceptors (Lipinski definition) is 2. The van der Waals surface area contributed by atoms with Gasteiger partial charge in [-0.25, -0.2) is 0 Å².